The summed E-state index contributed by atoms with van der Waals surface area (Å²) in [5.41, 5.74) is -0.923. The van der Waals surface area contributed by atoms with E-state index in [9.17, 15) is 9.59 Å². The first-order chi connectivity index (χ1) is 8.95. The SMILES string of the molecule is CC(C)CCCC(CCCC(C)C)(N=C=O)N=C=O. The predicted octanol–water partition coefficient (Wildman–Crippen LogP) is 4.01. The molecule has 0 rings (SSSR count). The van der Waals surface area contributed by atoms with Crippen LogP contribution in [-0.2, 0) is 9.59 Å². The van der Waals surface area contributed by atoms with Gasteiger partial charge in [0.05, 0.1) is 0 Å². The van der Waals surface area contributed by atoms with E-state index >= 15 is 0 Å². The van der Waals surface area contributed by atoms with Crippen molar-refractivity contribution < 1.29 is 9.59 Å². The van der Waals surface area contributed by atoms with E-state index in [0.717, 1.165) is 25.7 Å². The van der Waals surface area contributed by atoms with Crippen LogP contribution >= 0.6 is 0 Å². The minimum absolute atomic E-state index is 0.591. The Labute approximate surface area is 116 Å². The van der Waals surface area contributed by atoms with Gasteiger partial charge in [0.15, 0.2) is 5.66 Å². The Morgan fingerprint density at radius 1 is 0.842 bits per heavy atom. The molecule has 0 bridgehead atoms. The molecule has 0 atom stereocenters. The second-order valence-corrected chi connectivity index (χ2v) is 5.96. The van der Waals surface area contributed by atoms with Gasteiger partial charge in [0, 0.05) is 0 Å². The van der Waals surface area contributed by atoms with Crippen molar-refractivity contribution in [1.29, 1.82) is 0 Å². The second kappa shape index (κ2) is 9.66. The van der Waals surface area contributed by atoms with Crippen molar-refractivity contribution >= 4 is 12.2 Å². The highest BCUT2D eigenvalue weighted by Gasteiger charge is 2.28. The molecule has 19 heavy (non-hydrogen) atoms. The molecular weight excluding hydrogens is 240 g/mol. The molecule has 0 spiro atoms. The molecule has 0 radical (unpaired) electrons. The molecule has 0 N–H and O–H groups in total. The van der Waals surface area contributed by atoms with Gasteiger partial charge in [0.1, 0.15) is 0 Å². The summed E-state index contributed by atoms with van der Waals surface area (Å²) >= 11 is 0. The van der Waals surface area contributed by atoms with E-state index in [0.29, 0.717) is 24.7 Å². The highest BCUT2D eigenvalue weighted by Crippen LogP contribution is 2.28. The molecule has 0 fully saturated rings. The number of hydrogen-bond donors (Lipinski definition) is 0. The van der Waals surface area contributed by atoms with Gasteiger partial charge in [0.25, 0.3) is 0 Å². The third-order valence-electron chi connectivity index (χ3n) is 3.22. The summed E-state index contributed by atoms with van der Waals surface area (Å²) in [6.07, 6.45) is 8.25. The van der Waals surface area contributed by atoms with Gasteiger partial charge < -0.3 is 0 Å². The lowest BCUT2D eigenvalue weighted by atomic mass is 9.93. The molecule has 0 saturated carbocycles. The maximum Gasteiger partial charge on any atom is 0.237 e. The molecule has 0 saturated heterocycles. The maximum absolute atomic E-state index is 10.6. The van der Waals surface area contributed by atoms with Crippen LogP contribution in [-0.4, -0.2) is 17.8 Å². The van der Waals surface area contributed by atoms with E-state index in [2.05, 4.69) is 37.7 Å². The molecular formula is C15H26N2O2. The molecule has 0 aromatic rings. The first-order valence-corrected chi connectivity index (χ1v) is 7.14. The smallest absolute Gasteiger partial charge is 0.211 e. The number of nitrogens with zero attached hydrogens (tertiary/aromatic N) is 2. The summed E-state index contributed by atoms with van der Waals surface area (Å²) in [7, 11) is 0. The Balaban J connectivity index is 4.67. The van der Waals surface area contributed by atoms with E-state index in [1.54, 1.807) is 12.2 Å². The fourth-order valence-corrected chi connectivity index (χ4v) is 2.13. The quantitative estimate of drug-likeness (QED) is 0.443. The molecule has 0 aliphatic heterocycles. The summed E-state index contributed by atoms with van der Waals surface area (Å²) in [5.74, 6) is 1.18. The zero-order chi connectivity index (χ0) is 14.7. The van der Waals surface area contributed by atoms with Crippen LogP contribution in [0.5, 0.6) is 0 Å². The third kappa shape index (κ3) is 8.47. The van der Waals surface area contributed by atoms with Crippen LogP contribution in [0.2, 0.25) is 0 Å². The van der Waals surface area contributed by atoms with Crippen LogP contribution in [0.25, 0.3) is 0 Å². The summed E-state index contributed by atoms with van der Waals surface area (Å²) < 4.78 is 0. The predicted molar refractivity (Wildman–Crippen MR) is 76.4 cm³/mol. The van der Waals surface area contributed by atoms with E-state index < -0.39 is 5.66 Å². The molecule has 0 aromatic heterocycles. The van der Waals surface area contributed by atoms with Crippen molar-refractivity contribution in [3.8, 4) is 0 Å². The first kappa shape index (κ1) is 17.8. The van der Waals surface area contributed by atoms with Crippen molar-refractivity contribution in [2.24, 2.45) is 21.8 Å². The van der Waals surface area contributed by atoms with Gasteiger partial charge in [-0.15, -0.1) is 0 Å². The van der Waals surface area contributed by atoms with E-state index in [-0.39, 0.29) is 0 Å². The summed E-state index contributed by atoms with van der Waals surface area (Å²) in [5, 5.41) is 0. The standard InChI is InChI=1S/C15H26N2O2/c1-13(2)7-5-9-15(16-11-18,17-12-19)10-6-8-14(3)4/h13-14H,5-10H2,1-4H3. The van der Waals surface area contributed by atoms with Crippen molar-refractivity contribution in [2.45, 2.75) is 71.9 Å². The van der Waals surface area contributed by atoms with Crippen molar-refractivity contribution in [2.75, 3.05) is 0 Å². The Bertz CT molecular complexity index is 304. The van der Waals surface area contributed by atoms with Crippen LogP contribution in [0.4, 0.5) is 0 Å². The first-order valence-electron chi connectivity index (χ1n) is 7.14. The topological polar surface area (TPSA) is 58.9 Å². The third-order valence-corrected chi connectivity index (χ3v) is 3.22. The lowest BCUT2D eigenvalue weighted by Gasteiger charge is -2.22. The van der Waals surface area contributed by atoms with Crippen molar-refractivity contribution in [3.63, 3.8) is 0 Å². The Morgan fingerprint density at radius 2 is 1.21 bits per heavy atom. The molecule has 0 aromatic carbocycles. The monoisotopic (exact) mass is 266 g/mol. The van der Waals surface area contributed by atoms with Gasteiger partial charge in [-0.1, -0.05) is 40.5 Å². The van der Waals surface area contributed by atoms with Crippen LogP contribution in [0.1, 0.15) is 66.2 Å². The van der Waals surface area contributed by atoms with Gasteiger partial charge in [-0.3, -0.25) is 0 Å². The second-order valence-electron chi connectivity index (χ2n) is 5.96. The largest absolute Gasteiger partial charge is 0.237 e. The van der Waals surface area contributed by atoms with Crippen LogP contribution in [0, 0.1) is 11.8 Å². The van der Waals surface area contributed by atoms with Crippen LogP contribution < -0.4 is 0 Å². The highest BCUT2D eigenvalue weighted by molar-refractivity contribution is 5.39. The number of aliphatic imine (C=N–C) groups is 2. The zero-order valence-corrected chi connectivity index (χ0v) is 12.6. The lowest BCUT2D eigenvalue weighted by molar-refractivity contribution is 0.335. The highest BCUT2D eigenvalue weighted by atomic mass is 16.1. The average Bonchev–Trinajstić information content (AvgIpc) is 2.28. The molecule has 0 unspecified atom stereocenters. The summed E-state index contributed by atoms with van der Waals surface area (Å²) in [4.78, 5) is 28.8. The maximum atomic E-state index is 10.6. The lowest BCUT2D eigenvalue weighted by Crippen LogP contribution is -2.24. The average molecular weight is 266 g/mol. The van der Waals surface area contributed by atoms with Gasteiger partial charge in [0.2, 0.25) is 12.2 Å². The fraction of sp³-hybridized carbons (Fsp3) is 0.867. The minimum Gasteiger partial charge on any atom is -0.211 e. The van der Waals surface area contributed by atoms with Gasteiger partial charge in [-0.2, -0.15) is 9.98 Å². The Kier molecular flexibility index (Phi) is 9.03. The Morgan fingerprint density at radius 3 is 1.47 bits per heavy atom. The van der Waals surface area contributed by atoms with Gasteiger partial charge in [-0.25, -0.2) is 9.59 Å². The van der Waals surface area contributed by atoms with E-state index in [1.807, 2.05) is 0 Å². The summed E-state index contributed by atoms with van der Waals surface area (Å²) in [6.45, 7) is 8.58. The van der Waals surface area contributed by atoms with Crippen molar-refractivity contribution in [3.05, 3.63) is 0 Å². The van der Waals surface area contributed by atoms with Gasteiger partial charge >= 0.3 is 0 Å². The Hall–Kier alpha value is -1.24. The van der Waals surface area contributed by atoms with Gasteiger partial charge in [-0.05, 0) is 37.5 Å². The number of rotatable bonds is 10. The number of hydrogen-bond acceptors (Lipinski definition) is 4. The number of carbonyl (C=O) groups excluding carboxylic acids is 2. The van der Waals surface area contributed by atoms with E-state index in [4.69, 9.17) is 0 Å². The fourth-order valence-electron chi connectivity index (χ4n) is 2.13. The zero-order valence-electron chi connectivity index (χ0n) is 12.6. The summed E-state index contributed by atoms with van der Waals surface area (Å²) in [6, 6.07) is 0. The van der Waals surface area contributed by atoms with Crippen LogP contribution in [0.15, 0.2) is 9.98 Å². The molecule has 108 valence electrons. The molecule has 0 aliphatic rings. The molecule has 0 aliphatic carbocycles. The molecule has 4 nitrogen and oxygen atoms in total. The van der Waals surface area contributed by atoms with Crippen LogP contribution in [0.3, 0.4) is 0 Å². The molecule has 4 heteroatoms. The minimum atomic E-state index is -0.923. The number of isocyanates is 2. The normalized spacial score (nSPS) is 11.3. The molecule has 0 amide bonds. The molecule has 0 heterocycles. The van der Waals surface area contributed by atoms with E-state index in [1.165, 1.54) is 0 Å². The van der Waals surface area contributed by atoms with Crippen molar-refractivity contribution in [1.82, 2.24) is 0 Å².